The molecule has 1 saturated heterocycles. The van der Waals surface area contributed by atoms with E-state index in [1.165, 1.54) is 0 Å². The molecule has 180 valence electrons. The van der Waals surface area contributed by atoms with Gasteiger partial charge >= 0.3 is 0 Å². The number of amides is 1. The third-order valence-corrected chi connectivity index (χ3v) is 7.85. The first-order chi connectivity index (χ1) is 15.8. The average molecular weight is 475 g/mol. The van der Waals surface area contributed by atoms with E-state index in [1.54, 1.807) is 28.6 Å². The molecule has 1 fully saturated rings. The molecule has 3 rings (SSSR count). The number of carbonyl (C=O) groups is 1. The molecule has 7 nitrogen and oxygen atoms in total. The molecule has 0 bridgehead atoms. The molecule has 1 atom stereocenters. The molecule has 1 aliphatic rings. The summed E-state index contributed by atoms with van der Waals surface area (Å²) in [7, 11) is -3.45. The van der Waals surface area contributed by atoms with Gasteiger partial charge in [0.25, 0.3) is 5.91 Å². The minimum Gasteiger partial charge on any atom is -0.492 e. The van der Waals surface area contributed by atoms with E-state index in [0.717, 1.165) is 30.4 Å². The maximum atomic E-state index is 12.7. The highest BCUT2D eigenvalue weighted by molar-refractivity contribution is 7.89. The Labute approximate surface area is 197 Å². The summed E-state index contributed by atoms with van der Waals surface area (Å²) in [6.45, 7) is 7.63. The van der Waals surface area contributed by atoms with Crippen molar-refractivity contribution >= 4 is 15.9 Å². The van der Waals surface area contributed by atoms with Gasteiger partial charge < -0.3 is 14.8 Å². The van der Waals surface area contributed by atoms with Crippen LogP contribution >= 0.6 is 0 Å². The van der Waals surface area contributed by atoms with E-state index in [2.05, 4.69) is 5.32 Å². The normalized spacial score (nSPS) is 15.6. The number of rotatable bonds is 10. The second-order valence-corrected chi connectivity index (χ2v) is 10.2. The summed E-state index contributed by atoms with van der Waals surface area (Å²) >= 11 is 0. The Bertz CT molecular complexity index is 1030. The number of ether oxygens (including phenoxy) is 2. The zero-order valence-electron chi connectivity index (χ0n) is 19.7. The molecular formula is C25H34N2O5S. The third-order valence-electron chi connectivity index (χ3n) is 5.93. The quantitative estimate of drug-likeness (QED) is 0.529. The summed E-state index contributed by atoms with van der Waals surface area (Å²) in [4.78, 5) is 12.8. The number of aryl methyl sites for hydroxylation is 1. The van der Waals surface area contributed by atoms with Gasteiger partial charge in [-0.2, -0.15) is 4.31 Å². The van der Waals surface area contributed by atoms with E-state index in [4.69, 9.17) is 9.47 Å². The number of carbonyl (C=O) groups excluding carboxylic acids is 1. The summed E-state index contributed by atoms with van der Waals surface area (Å²) in [5.41, 5.74) is 2.14. The van der Waals surface area contributed by atoms with Crippen LogP contribution in [0.4, 0.5) is 0 Å². The zero-order valence-corrected chi connectivity index (χ0v) is 20.5. The molecule has 1 amide bonds. The van der Waals surface area contributed by atoms with Gasteiger partial charge in [0.15, 0.2) is 6.10 Å². The fourth-order valence-corrected chi connectivity index (χ4v) is 5.26. The summed E-state index contributed by atoms with van der Waals surface area (Å²) in [5.74, 6) is 1.08. The van der Waals surface area contributed by atoms with Crippen LogP contribution in [0.3, 0.4) is 0 Å². The van der Waals surface area contributed by atoms with Gasteiger partial charge in [-0.25, -0.2) is 8.42 Å². The second-order valence-electron chi connectivity index (χ2n) is 8.29. The van der Waals surface area contributed by atoms with Gasteiger partial charge in [-0.05, 0) is 74.6 Å². The van der Waals surface area contributed by atoms with Gasteiger partial charge in [-0.3, -0.25) is 4.79 Å². The Balaban J connectivity index is 1.47. The summed E-state index contributed by atoms with van der Waals surface area (Å²) in [6.07, 6.45) is 2.85. The minimum absolute atomic E-state index is 0.190. The number of nitrogens with one attached hydrogen (secondary N) is 1. The highest BCUT2D eigenvalue weighted by atomic mass is 32.2. The van der Waals surface area contributed by atoms with E-state index in [-0.39, 0.29) is 17.4 Å². The maximum absolute atomic E-state index is 12.7. The molecule has 0 aliphatic carbocycles. The fraction of sp³-hybridized carbons (Fsp3) is 0.480. The van der Waals surface area contributed by atoms with E-state index < -0.39 is 16.1 Å². The lowest BCUT2D eigenvalue weighted by Gasteiger charge is -2.25. The largest absolute Gasteiger partial charge is 0.492 e. The zero-order chi connectivity index (χ0) is 23.8. The topological polar surface area (TPSA) is 84.9 Å². The number of piperidine rings is 1. The number of hydrogen-bond donors (Lipinski definition) is 1. The van der Waals surface area contributed by atoms with E-state index in [0.29, 0.717) is 37.6 Å². The Morgan fingerprint density at radius 2 is 1.76 bits per heavy atom. The van der Waals surface area contributed by atoms with Crippen LogP contribution < -0.4 is 14.8 Å². The highest BCUT2D eigenvalue weighted by Gasteiger charge is 2.25. The molecule has 1 N–H and O–H groups in total. The van der Waals surface area contributed by atoms with Crippen molar-refractivity contribution in [1.82, 2.24) is 9.62 Å². The van der Waals surface area contributed by atoms with Crippen molar-refractivity contribution in [1.29, 1.82) is 0 Å². The predicted molar refractivity (Wildman–Crippen MR) is 128 cm³/mol. The molecule has 2 aromatic carbocycles. The lowest BCUT2D eigenvalue weighted by Crippen LogP contribution is -2.39. The predicted octanol–water partition coefficient (Wildman–Crippen LogP) is 3.83. The first kappa shape index (κ1) is 25.1. The van der Waals surface area contributed by atoms with Crippen LogP contribution in [0.5, 0.6) is 11.5 Å². The maximum Gasteiger partial charge on any atom is 0.261 e. The van der Waals surface area contributed by atoms with Crippen LogP contribution in [-0.4, -0.2) is 51.0 Å². The van der Waals surface area contributed by atoms with Crippen LogP contribution in [0.15, 0.2) is 47.4 Å². The SMILES string of the molecule is CC[C@@H](Oc1cccc(C)c1C)C(=O)NCCOc1ccc(S(=O)(=O)N2CCCCC2)cc1. The van der Waals surface area contributed by atoms with Crippen LogP contribution in [0.1, 0.15) is 43.7 Å². The average Bonchev–Trinajstić information content (AvgIpc) is 2.83. The van der Waals surface area contributed by atoms with E-state index >= 15 is 0 Å². The monoisotopic (exact) mass is 474 g/mol. The first-order valence-electron chi connectivity index (χ1n) is 11.6. The molecule has 0 saturated carbocycles. The minimum atomic E-state index is -3.45. The number of hydrogen-bond acceptors (Lipinski definition) is 5. The van der Waals surface area contributed by atoms with Crippen molar-refractivity contribution in [2.24, 2.45) is 0 Å². The molecule has 0 unspecified atom stereocenters. The van der Waals surface area contributed by atoms with Crippen LogP contribution in [0.25, 0.3) is 0 Å². The lowest BCUT2D eigenvalue weighted by molar-refractivity contribution is -0.128. The highest BCUT2D eigenvalue weighted by Crippen LogP contribution is 2.23. The Kier molecular flexibility index (Phi) is 8.74. The van der Waals surface area contributed by atoms with Crippen molar-refractivity contribution < 1.29 is 22.7 Å². The number of nitrogens with zero attached hydrogens (tertiary/aromatic N) is 1. The van der Waals surface area contributed by atoms with Gasteiger partial charge in [0, 0.05) is 13.1 Å². The standard InChI is InChI=1S/C25H34N2O5S/c1-4-23(32-24-10-8-9-19(2)20(24)3)25(28)26-15-18-31-21-11-13-22(14-12-21)33(29,30)27-16-6-5-7-17-27/h8-14,23H,4-7,15-18H2,1-3H3,(H,26,28)/t23-/m1/s1. The third kappa shape index (κ3) is 6.48. The summed E-state index contributed by atoms with van der Waals surface area (Å²) in [5, 5.41) is 2.85. The van der Waals surface area contributed by atoms with E-state index in [1.807, 2.05) is 39.0 Å². The molecule has 33 heavy (non-hydrogen) atoms. The van der Waals surface area contributed by atoms with Gasteiger partial charge in [0.1, 0.15) is 18.1 Å². The van der Waals surface area contributed by atoms with Gasteiger partial charge in [-0.1, -0.05) is 25.5 Å². The van der Waals surface area contributed by atoms with Gasteiger partial charge in [0.2, 0.25) is 10.0 Å². The molecule has 8 heteroatoms. The molecular weight excluding hydrogens is 440 g/mol. The lowest BCUT2D eigenvalue weighted by atomic mass is 10.1. The smallest absolute Gasteiger partial charge is 0.261 e. The molecule has 0 radical (unpaired) electrons. The van der Waals surface area contributed by atoms with Crippen LogP contribution in [-0.2, 0) is 14.8 Å². The van der Waals surface area contributed by atoms with Gasteiger partial charge in [-0.15, -0.1) is 0 Å². The number of sulfonamides is 1. The van der Waals surface area contributed by atoms with Crippen molar-refractivity contribution in [3.63, 3.8) is 0 Å². The van der Waals surface area contributed by atoms with Crippen molar-refractivity contribution in [3.8, 4) is 11.5 Å². The van der Waals surface area contributed by atoms with Crippen LogP contribution in [0.2, 0.25) is 0 Å². The molecule has 0 aromatic heterocycles. The van der Waals surface area contributed by atoms with E-state index in [9.17, 15) is 13.2 Å². The molecule has 0 spiro atoms. The molecule has 2 aromatic rings. The number of benzene rings is 2. The molecule has 1 heterocycles. The van der Waals surface area contributed by atoms with Gasteiger partial charge in [0.05, 0.1) is 11.4 Å². The Morgan fingerprint density at radius 3 is 2.42 bits per heavy atom. The van der Waals surface area contributed by atoms with Crippen molar-refractivity contribution in [2.75, 3.05) is 26.2 Å². The first-order valence-corrected chi connectivity index (χ1v) is 13.0. The Hall–Kier alpha value is -2.58. The summed E-state index contributed by atoms with van der Waals surface area (Å²) in [6, 6.07) is 12.2. The van der Waals surface area contributed by atoms with Crippen molar-refractivity contribution in [2.45, 2.75) is 57.5 Å². The van der Waals surface area contributed by atoms with Crippen molar-refractivity contribution in [3.05, 3.63) is 53.6 Å². The summed E-state index contributed by atoms with van der Waals surface area (Å²) < 4.78 is 38.6. The second kappa shape index (κ2) is 11.5. The fourth-order valence-electron chi connectivity index (χ4n) is 3.75. The Morgan fingerprint density at radius 1 is 1.06 bits per heavy atom. The molecule has 1 aliphatic heterocycles. The van der Waals surface area contributed by atoms with Crippen LogP contribution in [0, 0.1) is 13.8 Å².